The van der Waals surface area contributed by atoms with Crippen LogP contribution >= 0.6 is 11.6 Å². The number of aryl methyl sites for hydroxylation is 1. The average molecular weight is 370 g/mol. The van der Waals surface area contributed by atoms with Gasteiger partial charge < -0.3 is 14.2 Å². The summed E-state index contributed by atoms with van der Waals surface area (Å²) in [5, 5.41) is 0.670. The lowest BCUT2D eigenvalue weighted by Crippen LogP contribution is -2.38. The first-order chi connectivity index (χ1) is 11.7. The Labute approximate surface area is 155 Å². The minimum atomic E-state index is -0.549. The number of nitrogens with zero attached hydrogens (tertiary/aromatic N) is 1. The number of benzene rings is 1. The fourth-order valence-electron chi connectivity index (χ4n) is 3.01. The first-order valence-electron chi connectivity index (χ1n) is 8.59. The summed E-state index contributed by atoms with van der Waals surface area (Å²) in [6, 6.07) is 5.60. The van der Waals surface area contributed by atoms with E-state index < -0.39 is 5.60 Å². The Kier molecular flexibility index (Phi) is 6.72. The average Bonchev–Trinajstić information content (AvgIpc) is 2.92. The summed E-state index contributed by atoms with van der Waals surface area (Å²) < 4.78 is 16.6. The van der Waals surface area contributed by atoms with Crippen LogP contribution in [-0.2, 0) is 14.2 Å². The first-order valence-corrected chi connectivity index (χ1v) is 8.97. The molecule has 0 unspecified atom stereocenters. The topological polar surface area (TPSA) is 48.0 Å². The summed E-state index contributed by atoms with van der Waals surface area (Å²) in [5.41, 5.74) is 1.32. The number of hydrogen-bond acceptors (Lipinski definition) is 4. The largest absolute Gasteiger partial charge is 0.444 e. The molecule has 5 nitrogen and oxygen atoms in total. The van der Waals surface area contributed by atoms with Gasteiger partial charge in [-0.2, -0.15) is 0 Å². The van der Waals surface area contributed by atoms with Crippen molar-refractivity contribution in [3.8, 4) is 0 Å². The fourth-order valence-corrected chi connectivity index (χ4v) is 3.25. The van der Waals surface area contributed by atoms with Gasteiger partial charge in [-0.3, -0.25) is 4.90 Å². The van der Waals surface area contributed by atoms with Gasteiger partial charge >= 0.3 is 6.09 Å². The zero-order valence-electron chi connectivity index (χ0n) is 15.7. The number of likely N-dealkylation sites (tertiary alicyclic amines) is 1. The first kappa shape index (κ1) is 20.0. The minimum Gasteiger partial charge on any atom is -0.444 e. The van der Waals surface area contributed by atoms with Crippen molar-refractivity contribution in [2.75, 3.05) is 26.9 Å². The van der Waals surface area contributed by atoms with Gasteiger partial charge in [-0.15, -0.1) is 0 Å². The Morgan fingerprint density at radius 2 is 2.04 bits per heavy atom. The second kappa shape index (κ2) is 8.39. The molecule has 1 aliphatic heterocycles. The van der Waals surface area contributed by atoms with Crippen LogP contribution in [0, 0.1) is 6.92 Å². The zero-order chi connectivity index (χ0) is 18.6. The monoisotopic (exact) mass is 369 g/mol. The summed E-state index contributed by atoms with van der Waals surface area (Å²) in [7, 11) is 1.64. The number of methoxy groups -OCH3 is 1. The van der Waals surface area contributed by atoms with Crippen LogP contribution < -0.4 is 0 Å². The normalized spacial score (nSPS) is 20.8. The second-order valence-electron chi connectivity index (χ2n) is 7.29. The molecule has 0 spiro atoms. The molecular formula is C19H28ClNO4. The highest BCUT2D eigenvalue weighted by molar-refractivity contribution is 6.32. The summed E-state index contributed by atoms with van der Waals surface area (Å²) >= 11 is 6.54. The van der Waals surface area contributed by atoms with Gasteiger partial charge in [-0.05, 0) is 45.2 Å². The smallest absolute Gasteiger partial charge is 0.410 e. The van der Waals surface area contributed by atoms with E-state index in [9.17, 15) is 4.79 Å². The Hall–Kier alpha value is -1.30. The zero-order valence-corrected chi connectivity index (χ0v) is 16.4. The van der Waals surface area contributed by atoms with Crippen LogP contribution in [0.1, 0.15) is 44.4 Å². The van der Waals surface area contributed by atoms with Crippen LogP contribution in [-0.4, -0.2) is 49.6 Å². The Morgan fingerprint density at radius 3 is 2.68 bits per heavy atom. The molecule has 0 saturated carbocycles. The SMILES string of the molecule is COCCO[C@@H]1CCN(C(=O)OC(C)(C)C)[C@@H]1c1cccc(C)c1Cl. The molecule has 2 atom stereocenters. The highest BCUT2D eigenvalue weighted by Gasteiger charge is 2.41. The van der Waals surface area contributed by atoms with Crippen molar-refractivity contribution in [2.45, 2.75) is 51.9 Å². The maximum atomic E-state index is 12.7. The molecule has 1 saturated heterocycles. The van der Waals surface area contributed by atoms with Crippen molar-refractivity contribution >= 4 is 17.7 Å². The molecule has 1 aromatic rings. The Balaban J connectivity index is 2.29. The van der Waals surface area contributed by atoms with Crippen LogP contribution in [0.25, 0.3) is 0 Å². The fraction of sp³-hybridized carbons (Fsp3) is 0.632. The van der Waals surface area contributed by atoms with E-state index in [1.807, 2.05) is 45.9 Å². The maximum Gasteiger partial charge on any atom is 0.410 e. The van der Waals surface area contributed by atoms with Crippen LogP contribution in [0.4, 0.5) is 4.79 Å². The van der Waals surface area contributed by atoms with E-state index in [-0.39, 0.29) is 18.2 Å². The number of halogens is 1. The second-order valence-corrected chi connectivity index (χ2v) is 7.67. The molecule has 6 heteroatoms. The van der Waals surface area contributed by atoms with Gasteiger partial charge in [-0.1, -0.05) is 29.8 Å². The quantitative estimate of drug-likeness (QED) is 0.723. The standard InChI is InChI=1S/C19H28ClNO4/c1-13-7-6-8-14(16(13)20)17-15(24-12-11-23-5)9-10-21(17)18(22)25-19(2,3)4/h6-8,15,17H,9-12H2,1-5H3/t15-,17-/m1/s1. The number of rotatable bonds is 5. The number of ether oxygens (including phenoxy) is 3. The van der Waals surface area contributed by atoms with Gasteiger partial charge in [-0.25, -0.2) is 4.79 Å². The van der Waals surface area contributed by atoms with Crippen LogP contribution in [0.3, 0.4) is 0 Å². The summed E-state index contributed by atoms with van der Waals surface area (Å²) in [6.45, 7) is 9.11. The van der Waals surface area contributed by atoms with E-state index in [4.69, 9.17) is 25.8 Å². The number of amides is 1. The minimum absolute atomic E-state index is 0.137. The van der Waals surface area contributed by atoms with Gasteiger partial charge in [0.15, 0.2) is 0 Å². The lowest BCUT2D eigenvalue weighted by Gasteiger charge is -2.31. The Bertz CT molecular complexity index is 600. The third-order valence-electron chi connectivity index (χ3n) is 4.13. The molecule has 2 rings (SSSR count). The van der Waals surface area contributed by atoms with Crippen molar-refractivity contribution in [3.63, 3.8) is 0 Å². The van der Waals surface area contributed by atoms with E-state index >= 15 is 0 Å². The van der Waals surface area contributed by atoms with E-state index in [1.54, 1.807) is 12.0 Å². The van der Waals surface area contributed by atoms with E-state index in [0.717, 1.165) is 17.5 Å². The molecule has 1 amide bonds. The summed E-state index contributed by atoms with van der Waals surface area (Å²) in [5.74, 6) is 0. The van der Waals surface area contributed by atoms with E-state index in [2.05, 4.69) is 0 Å². The van der Waals surface area contributed by atoms with Gasteiger partial charge in [0.25, 0.3) is 0 Å². The molecule has 0 N–H and O–H groups in total. The molecule has 1 heterocycles. The predicted octanol–water partition coefficient (Wildman–Crippen LogP) is 4.36. The molecule has 0 radical (unpaired) electrons. The predicted molar refractivity (Wildman–Crippen MR) is 98.1 cm³/mol. The van der Waals surface area contributed by atoms with Crippen molar-refractivity contribution < 1.29 is 19.0 Å². The summed E-state index contributed by atoms with van der Waals surface area (Å²) in [4.78, 5) is 14.4. The Morgan fingerprint density at radius 1 is 1.32 bits per heavy atom. The molecule has 0 bridgehead atoms. The molecule has 0 aliphatic carbocycles. The van der Waals surface area contributed by atoms with Gasteiger partial charge in [0.05, 0.1) is 25.4 Å². The molecule has 140 valence electrons. The van der Waals surface area contributed by atoms with E-state index in [1.165, 1.54) is 0 Å². The lowest BCUT2D eigenvalue weighted by atomic mass is 10.00. The molecule has 0 aromatic heterocycles. The summed E-state index contributed by atoms with van der Waals surface area (Å²) in [6.07, 6.45) is 0.257. The molecule has 25 heavy (non-hydrogen) atoms. The van der Waals surface area contributed by atoms with Crippen molar-refractivity contribution in [1.29, 1.82) is 0 Å². The molecule has 1 fully saturated rings. The molecular weight excluding hydrogens is 342 g/mol. The van der Waals surface area contributed by atoms with Gasteiger partial charge in [0.1, 0.15) is 5.60 Å². The van der Waals surface area contributed by atoms with Crippen molar-refractivity contribution in [3.05, 3.63) is 34.3 Å². The third kappa shape index (κ3) is 5.09. The van der Waals surface area contributed by atoms with Gasteiger partial charge in [0.2, 0.25) is 0 Å². The number of hydrogen-bond donors (Lipinski definition) is 0. The van der Waals surface area contributed by atoms with Crippen LogP contribution in [0.2, 0.25) is 5.02 Å². The number of carbonyl (C=O) groups is 1. The maximum absolute atomic E-state index is 12.7. The highest BCUT2D eigenvalue weighted by atomic mass is 35.5. The van der Waals surface area contributed by atoms with Crippen LogP contribution in [0.5, 0.6) is 0 Å². The molecule has 1 aromatic carbocycles. The third-order valence-corrected chi connectivity index (χ3v) is 4.65. The lowest BCUT2D eigenvalue weighted by molar-refractivity contribution is -0.0126. The van der Waals surface area contributed by atoms with Gasteiger partial charge in [0, 0.05) is 18.7 Å². The molecule has 1 aliphatic rings. The highest BCUT2D eigenvalue weighted by Crippen LogP contribution is 2.39. The van der Waals surface area contributed by atoms with Crippen molar-refractivity contribution in [2.24, 2.45) is 0 Å². The van der Waals surface area contributed by atoms with E-state index in [0.29, 0.717) is 24.8 Å². The van der Waals surface area contributed by atoms with Crippen molar-refractivity contribution in [1.82, 2.24) is 4.90 Å². The number of carbonyl (C=O) groups excluding carboxylic acids is 1. The van der Waals surface area contributed by atoms with Crippen LogP contribution in [0.15, 0.2) is 18.2 Å².